The molecule has 0 bridgehead atoms. The SMILES string of the molecule is CCc1nn(C)c(CN2CCC(CCl)C2)c1Cl. The zero-order chi connectivity index (χ0) is 12.4. The van der Waals surface area contributed by atoms with E-state index in [4.69, 9.17) is 23.2 Å². The van der Waals surface area contributed by atoms with Crippen molar-refractivity contribution in [1.82, 2.24) is 14.7 Å². The highest BCUT2D eigenvalue weighted by Gasteiger charge is 2.24. The molecule has 0 spiro atoms. The zero-order valence-corrected chi connectivity index (χ0v) is 11.9. The van der Waals surface area contributed by atoms with Gasteiger partial charge in [0.1, 0.15) is 0 Å². The number of aryl methyl sites for hydroxylation is 2. The highest BCUT2D eigenvalue weighted by molar-refractivity contribution is 6.31. The Bertz CT molecular complexity index is 389. The van der Waals surface area contributed by atoms with Crippen molar-refractivity contribution in [3.05, 3.63) is 16.4 Å². The summed E-state index contributed by atoms with van der Waals surface area (Å²) in [7, 11) is 1.97. The highest BCUT2D eigenvalue weighted by Crippen LogP contribution is 2.25. The summed E-state index contributed by atoms with van der Waals surface area (Å²) in [5.41, 5.74) is 2.12. The van der Waals surface area contributed by atoms with Crippen LogP contribution < -0.4 is 0 Å². The van der Waals surface area contributed by atoms with Crippen molar-refractivity contribution in [3.63, 3.8) is 0 Å². The van der Waals surface area contributed by atoms with Crippen LogP contribution in [0.25, 0.3) is 0 Å². The summed E-state index contributed by atoms with van der Waals surface area (Å²) in [4.78, 5) is 2.41. The number of hydrogen-bond donors (Lipinski definition) is 0. The van der Waals surface area contributed by atoms with Crippen molar-refractivity contribution in [2.45, 2.75) is 26.3 Å². The van der Waals surface area contributed by atoms with Crippen LogP contribution in [0.1, 0.15) is 24.7 Å². The van der Waals surface area contributed by atoms with E-state index in [2.05, 4.69) is 16.9 Å². The number of alkyl halides is 1. The molecule has 0 N–H and O–H groups in total. The maximum absolute atomic E-state index is 6.34. The Kier molecular flexibility index (Phi) is 4.34. The normalized spacial score (nSPS) is 21.3. The van der Waals surface area contributed by atoms with Crippen LogP contribution in [0, 0.1) is 5.92 Å². The molecule has 96 valence electrons. The predicted octanol–water partition coefficient (Wildman–Crippen LogP) is 2.70. The first kappa shape index (κ1) is 13.2. The molecule has 1 aromatic rings. The second kappa shape index (κ2) is 5.59. The average molecular weight is 276 g/mol. The van der Waals surface area contributed by atoms with Crippen molar-refractivity contribution in [2.75, 3.05) is 19.0 Å². The molecule has 2 heterocycles. The molecule has 3 nitrogen and oxygen atoms in total. The molecule has 5 heteroatoms. The van der Waals surface area contributed by atoms with Crippen LogP contribution in [-0.2, 0) is 20.0 Å². The molecule has 0 saturated carbocycles. The van der Waals surface area contributed by atoms with E-state index in [0.29, 0.717) is 5.92 Å². The molecule has 1 aliphatic rings. The average Bonchev–Trinajstić information content (AvgIpc) is 2.88. The maximum Gasteiger partial charge on any atom is 0.0863 e. The van der Waals surface area contributed by atoms with Gasteiger partial charge in [-0.25, -0.2) is 0 Å². The lowest BCUT2D eigenvalue weighted by molar-refractivity contribution is 0.311. The number of rotatable bonds is 4. The smallest absolute Gasteiger partial charge is 0.0863 e. The Morgan fingerprint density at radius 1 is 1.47 bits per heavy atom. The van der Waals surface area contributed by atoms with Crippen LogP contribution >= 0.6 is 23.2 Å². The van der Waals surface area contributed by atoms with Gasteiger partial charge in [-0.05, 0) is 25.3 Å². The van der Waals surface area contributed by atoms with Crippen molar-refractivity contribution in [1.29, 1.82) is 0 Å². The fourth-order valence-electron chi connectivity index (χ4n) is 2.39. The lowest BCUT2D eigenvalue weighted by Gasteiger charge is -2.15. The Morgan fingerprint density at radius 2 is 2.24 bits per heavy atom. The van der Waals surface area contributed by atoms with Gasteiger partial charge in [0.25, 0.3) is 0 Å². The Hall–Kier alpha value is -0.250. The third-order valence-corrected chi connectivity index (χ3v) is 4.34. The second-order valence-corrected chi connectivity index (χ2v) is 5.42. The molecule has 1 unspecified atom stereocenters. The number of hydrogen-bond acceptors (Lipinski definition) is 2. The summed E-state index contributed by atoms with van der Waals surface area (Å²) in [6, 6.07) is 0. The van der Waals surface area contributed by atoms with Crippen molar-refractivity contribution >= 4 is 23.2 Å². The van der Waals surface area contributed by atoms with Crippen LogP contribution in [0.5, 0.6) is 0 Å². The van der Waals surface area contributed by atoms with Gasteiger partial charge in [0.2, 0.25) is 0 Å². The van der Waals surface area contributed by atoms with E-state index < -0.39 is 0 Å². The zero-order valence-electron chi connectivity index (χ0n) is 10.4. The highest BCUT2D eigenvalue weighted by atomic mass is 35.5. The standard InChI is InChI=1S/C12H19Cl2N3/c1-3-10-12(14)11(16(2)15-10)8-17-5-4-9(6-13)7-17/h9H,3-8H2,1-2H3. The molecule has 1 aromatic heterocycles. The van der Waals surface area contributed by atoms with Crippen LogP contribution in [-0.4, -0.2) is 33.6 Å². The summed E-state index contributed by atoms with van der Waals surface area (Å²) >= 11 is 12.2. The fourth-order valence-corrected chi connectivity index (χ4v) is 2.99. The minimum atomic E-state index is 0.634. The van der Waals surface area contributed by atoms with Gasteiger partial charge in [-0.2, -0.15) is 5.10 Å². The minimum Gasteiger partial charge on any atom is -0.297 e. The quantitative estimate of drug-likeness (QED) is 0.788. The van der Waals surface area contributed by atoms with E-state index >= 15 is 0 Å². The van der Waals surface area contributed by atoms with Crippen molar-refractivity contribution in [3.8, 4) is 0 Å². The first-order valence-corrected chi connectivity index (χ1v) is 7.05. The van der Waals surface area contributed by atoms with E-state index in [1.165, 1.54) is 6.42 Å². The maximum atomic E-state index is 6.34. The summed E-state index contributed by atoms with van der Waals surface area (Å²) < 4.78 is 1.91. The number of aromatic nitrogens is 2. The van der Waals surface area contributed by atoms with Gasteiger partial charge in [0.15, 0.2) is 0 Å². The molecule has 1 saturated heterocycles. The van der Waals surface area contributed by atoms with E-state index in [9.17, 15) is 0 Å². The molecule has 2 rings (SSSR count). The molecule has 0 radical (unpaired) electrons. The fraction of sp³-hybridized carbons (Fsp3) is 0.750. The lowest BCUT2D eigenvalue weighted by atomic mass is 10.2. The molecule has 1 fully saturated rings. The molecule has 0 aliphatic carbocycles. The van der Waals surface area contributed by atoms with E-state index in [0.717, 1.165) is 48.3 Å². The molecule has 0 amide bonds. The Balaban J connectivity index is 2.06. The summed E-state index contributed by atoms with van der Waals surface area (Å²) in [5, 5.41) is 5.28. The minimum absolute atomic E-state index is 0.634. The molecule has 1 aliphatic heterocycles. The van der Waals surface area contributed by atoms with Gasteiger partial charge >= 0.3 is 0 Å². The first-order valence-electron chi connectivity index (χ1n) is 6.14. The second-order valence-electron chi connectivity index (χ2n) is 4.73. The van der Waals surface area contributed by atoms with E-state index in [1.54, 1.807) is 0 Å². The van der Waals surface area contributed by atoms with Crippen LogP contribution in [0.15, 0.2) is 0 Å². The van der Waals surface area contributed by atoms with Crippen molar-refractivity contribution in [2.24, 2.45) is 13.0 Å². The van der Waals surface area contributed by atoms with Gasteiger partial charge in [0, 0.05) is 26.0 Å². The van der Waals surface area contributed by atoms with E-state index in [-0.39, 0.29) is 0 Å². The largest absolute Gasteiger partial charge is 0.297 e. The summed E-state index contributed by atoms with van der Waals surface area (Å²) in [5.74, 6) is 1.39. The van der Waals surface area contributed by atoms with Gasteiger partial charge in [-0.3, -0.25) is 9.58 Å². The molecular weight excluding hydrogens is 257 g/mol. The third-order valence-electron chi connectivity index (χ3n) is 3.46. The summed E-state index contributed by atoms with van der Waals surface area (Å²) in [6.07, 6.45) is 2.08. The van der Waals surface area contributed by atoms with Crippen LogP contribution in [0.4, 0.5) is 0 Å². The Morgan fingerprint density at radius 3 is 2.76 bits per heavy atom. The van der Waals surface area contributed by atoms with Crippen LogP contribution in [0.3, 0.4) is 0 Å². The lowest BCUT2D eigenvalue weighted by Crippen LogP contribution is -2.22. The number of halogens is 2. The van der Waals surface area contributed by atoms with Gasteiger partial charge in [-0.1, -0.05) is 18.5 Å². The van der Waals surface area contributed by atoms with Gasteiger partial charge < -0.3 is 0 Å². The summed E-state index contributed by atoms with van der Waals surface area (Å²) in [6.45, 7) is 5.15. The predicted molar refractivity (Wildman–Crippen MR) is 71.7 cm³/mol. The monoisotopic (exact) mass is 275 g/mol. The van der Waals surface area contributed by atoms with Crippen molar-refractivity contribution < 1.29 is 0 Å². The molecule has 17 heavy (non-hydrogen) atoms. The third kappa shape index (κ3) is 2.78. The van der Waals surface area contributed by atoms with Gasteiger partial charge in [0.05, 0.1) is 16.4 Å². The van der Waals surface area contributed by atoms with Crippen LogP contribution in [0.2, 0.25) is 5.02 Å². The van der Waals surface area contributed by atoms with E-state index in [1.807, 2.05) is 11.7 Å². The molecular formula is C12H19Cl2N3. The number of nitrogens with zero attached hydrogens (tertiary/aromatic N) is 3. The van der Waals surface area contributed by atoms with Gasteiger partial charge in [-0.15, -0.1) is 11.6 Å². The molecule has 1 atom stereocenters. The Labute approximate surface area is 113 Å². The number of likely N-dealkylation sites (tertiary alicyclic amines) is 1. The topological polar surface area (TPSA) is 21.1 Å². The molecule has 0 aromatic carbocycles. The first-order chi connectivity index (χ1) is 8.15.